The highest BCUT2D eigenvalue weighted by atomic mass is 16.1. The molecule has 0 spiro atoms. The van der Waals surface area contributed by atoms with E-state index < -0.39 is 0 Å². The summed E-state index contributed by atoms with van der Waals surface area (Å²) >= 11 is 0. The maximum absolute atomic E-state index is 10.9. The molecule has 0 aromatic carbocycles. The van der Waals surface area contributed by atoms with Crippen LogP contribution in [-0.4, -0.2) is 15.4 Å². The molecule has 0 bridgehead atoms. The van der Waals surface area contributed by atoms with Gasteiger partial charge in [0.15, 0.2) is 6.29 Å². The molecular weight excluding hydrogens is 260 g/mol. The lowest BCUT2D eigenvalue weighted by atomic mass is 10.1. The Hall–Kier alpha value is -2.29. The van der Waals surface area contributed by atoms with Crippen LogP contribution in [-0.2, 0) is 20.5 Å². The van der Waals surface area contributed by atoms with E-state index >= 15 is 0 Å². The zero-order valence-corrected chi connectivity index (χ0v) is 13.2. The molecule has 0 amide bonds. The minimum absolute atomic E-state index is 0.677. The van der Waals surface area contributed by atoms with Crippen LogP contribution in [0.1, 0.15) is 45.6 Å². The molecule has 0 N–H and O–H groups in total. The van der Waals surface area contributed by atoms with Gasteiger partial charge in [0.1, 0.15) is 0 Å². The summed E-state index contributed by atoms with van der Waals surface area (Å²) in [5.74, 6) is 0. The number of aldehydes is 1. The molecule has 3 heteroatoms. The van der Waals surface area contributed by atoms with E-state index in [4.69, 9.17) is 0 Å². The number of aromatic nitrogens is 2. The van der Waals surface area contributed by atoms with Crippen molar-refractivity contribution in [1.29, 1.82) is 0 Å². The van der Waals surface area contributed by atoms with Gasteiger partial charge in [-0.05, 0) is 43.2 Å². The molecule has 0 fully saturated rings. The number of rotatable bonds is 5. The predicted octanol–water partition coefficient (Wildman–Crippen LogP) is 3.86. The van der Waals surface area contributed by atoms with E-state index in [2.05, 4.69) is 38.1 Å². The Morgan fingerprint density at radius 3 is 2.33 bits per heavy atom. The quantitative estimate of drug-likeness (QED) is 0.765. The molecule has 21 heavy (non-hydrogen) atoms. The summed E-state index contributed by atoms with van der Waals surface area (Å²) in [7, 11) is 3.97. The number of carbonyl (C=O) groups is 1. The van der Waals surface area contributed by atoms with Gasteiger partial charge in [-0.3, -0.25) is 4.79 Å². The fraction of sp³-hybridized carbons (Fsp3) is 0.278. The third-order valence-corrected chi connectivity index (χ3v) is 4.19. The van der Waals surface area contributed by atoms with Gasteiger partial charge in [-0.2, -0.15) is 0 Å². The summed E-state index contributed by atoms with van der Waals surface area (Å²) in [6.07, 6.45) is 7.91. The summed E-state index contributed by atoms with van der Waals surface area (Å²) in [6, 6.07) is 3.78. The fourth-order valence-corrected chi connectivity index (χ4v) is 2.78. The van der Waals surface area contributed by atoms with Crippen molar-refractivity contribution in [3.05, 3.63) is 52.6 Å². The Kier molecular flexibility index (Phi) is 4.32. The molecule has 0 atom stereocenters. The van der Waals surface area contributed by atoms with Crippen LogP contribution in [0.3, 0.4) is 0 Å². The molecule has 110 valence electrons. The Labute approximate surface area is 126 Å². The highest BCUT2D eigenvalue weighted by Gasteiger charge is 2.12. The van der Waals surface area contributed by atoms with Crippen molar-refractivity contribution < 1.29 is 4.79 Å². The summed E-state index contributed by atoms with van der Waals surface area (Å²) in [5.41, 5.74) is 6.63. The fourth-order valence-electron chi connectivity index (χ4n) is 2.78. The normalized spacial score (nSPS) is 11.2. The lowest BCUT2D eigenvalue weighted by molar-refractivity contribution is 0.111. The first-order chi connectivity index (χ1) is 10.0. The second kappa shape index (κ2) is 6.00. The van der Waals surface area contributed by atoms with Crippen LogP contribution < -0.4 is 0 Å². The molecule has 2 aromatic rings. The lowest BCUT2D eigenvalue weighted by Crippen LogP contribution is -1.97. The molecule has 0 unspecified atom stereocenters. The third-order valence-electron chi connectivity index (χ3n) is 4.19. The monoisotopic (exact) mass is 282 g/mol. The molecule has 2 heterocycles. The van der Waals surface area contributed by atoms with Gasteiger partial charge in [-0.15, -0.1) is 0 Å². The van der Waals surface area contributed by atoms with Crippen molar-refractivity contribution in [2.24, 2.45) is 14.1 Å². The topological polar surface area (TPSA) is 26.9 Å². The maximum Gasteiger partial charge on any atom is 0.166 e. The summed E-state index contributed by atoms with van der Waals surface area (Å²) in [6.45, 7) is 8.24. The van der Waals surface area contributed by atoms with Crippen molar-refractivity contribution in [3.8, 4) is 0 Å². The standard InChI is InChI=1S/C18H22N2O/c1-6-16-13(3)19(4)18(17(16)7-2)11-10-14-8-9-15(12-21)20(14)5/h7-12H,2,6H2,1,3-5H3. The highest BCUT2D eigenvalue weighted by Crippen LogP contribution is 2.25. The highest BCUT2D eigenvalue weighted by molar-refractivity contribution is 5.78. The summed E-state index contributed by atoms with van der Waals surface area (Å²) in [5, 5.41) is 0. The number of hydrogen-bond donors (Lipinski definition) is 0. The first kappa shape index (κ1) is 15.1. The molecule has 2 aromatic heterocycles. The smallest absolute Gasteiger partial charge is 0.166 e. The molecule has 0 aliphatic carbocycles. The second-order valence-corrected chi connectivity index (χ2v) is 5.17. The van der Waals surface area contributed by atoms with Crippen molar-refractivity contribution in [3.63, 3.8) is 0 Å². The van der Waals surface area contributed by atoms with E-state index in [0.717, 1.165) is 24.1 Å². The van der Waals surface area contributed by atoms with Crippen molar-refractivity contribution >= 4 is 24.5 Å². The van der Waals surface area contributed by atoms with E-state index in [1.165, 1.54) is 16.8 Å². The Morgan fingerprint density at radius 1 is 1.14 bits per heavy atom. The second-order valence-electron chi connectivity index (χ2n) is 5.17. The van der Waals surface area contributed by atoms with Crippen LogP contribution in [0.15, 0.2) is 18.7 Å². The van der Waals surface area contributed by atoms with E-state index in [9.17, 15) is 4.79 Å². The zero-order valence-electron chi connectivity index (χ0n) is 13.2. The van der Waals surface area contributed by atoms with Crippen LogP contribution in [0.25, 0.3) is 18.2 Å². The molecule has 0 saturated carbocycles. The molecule has 0 saturated heterocycles. The van der Waals surface area contributed by atoms with E-state index in [1.54, 1.807) is 0 Å². The van der Waals surface area contributed by atoms with Crippen LogP contribution in [0, 0.1) is 6.92 Å². The number of nitrogens with zero attached hydrogens (tertiary/aromatic N) is 2. The Morgan fingerprint density at radius 2 is 1.81 bits per heavy atom. The van der Waals surface area contributed by atoms with Crippen molar-refractivity contribution in [2.75, 3.05) is 0 Å². The predicted molar refractivity (Wildman–Crippen MR) is 89.3 cm³/mol. The van der Waals surface area contributed by atoms with Crippen molar-refractivity contribution in [1.82, 2.24) is 9.13 Å². The Bertz CT molecular complexity index is 714. The average molecular weight is 282 g/mol. The minimum Gasteiger partial charge on any atom is -0.348 e. The van der Waals surface area contributed by atoms with Gasteiger partial charge >= 0.3 is 0 Å². The first-order valence-electron chi connectivity index (χ1n) is 7.14. The number of hydrogen-bond acceptors (Lipinski definition) is 1. The maximum atomic E-state index is 10.9. The van der Waals surface area contributed by atoms with Gasteiger partial charge in [0, 0.05) is 36.7 Å². The van der Waals surface area contributed by atoms with Gasteiger partial charge in [0.2, 0.25) is 0 Å². The largest absolute Gasteiger partial charge is 0.348 e. The molecule has 0 aliphatic heterocycles. The van der Waals surface area contributed by atoms with Crippen molar-refractivity contribution in [2.45, 2.75) is 20.3 Å². The van der Waals surface area contributed by atoms with Crippen LogP contribution in [0.4, 0.5) is 0 Å². The van der Waals surface area contributed by atoms with E-state index in [0.29, 0.717) is 5.69 Å². The Balaban J connectivity index is 2.48. The minimum atomic E-state index is 0.677. The van der Waals surface area contributed by atoms with Gasteiger partial charge in [-0.25, -0.2) is 0 Å². The van der Waals surface area contributed by atoms with Gasteiger partial charge < -0.3 is 9.13 Å². The zero-order chi connectivity index (χ0) is 15.6. The molecule has 0 aliphatic rings. The molecule has 2 rings (SSSR count). The van der Waals surface area contributed by atoms with Crippen LogP contribution in [0.2, 0.25) is 0 Å². The third kappa shape index (κ3) is 2.51. The lowest BCUT2D eigenvalue weighted by Gasteiger charge is -2.02. The van der Waals surface area contributed by atoms with Crippen LogP contribution in [0.5, 0.6) is 0 Å². The molecular formula is C18H22N2O. The van der Waals surface area contributed by atoms with E-state index in [-0.39, 0.29) is 0 Å². The summed E-state index contributed by atoms with van der Waals surface area (Å²) < 4.78 is 4.07. The molecule has 0 radical (unpaired) electrons. The molecule has 3 nitrogen and oxygen atoms in total. The van der Waals surface area contributed by atoms with E-state index in [1.807, 2.05) is 35.9 Å². The van der Waals surface area contributed by atoms with Crippen LogP contribution >= 0.6 is 0 Å². The van der Waals surface area contributed by atoms with Gasteiger partial charge in [-0.1, -0.05) is 19.6 Å². The first-order valence-corrected chi connectivity index (χ1v) is 7.14. The summed E-state index contributed by atoms with van der Waals surface area (Å²) in [4.78, 5) is 10.9. The number of carbonyl (C=O) groups excluding carboxylic acids is 1. The SMILES string of the molecule is C=Cc1c(CC)c(C)n(C)c1C=Cc1ccc(C=O)n1C. The van der Waals surface area contributed by atoms with Gasteiger partial charge in [0.05, 0.1) is 5.69 Å². The average Bonchev–Trinajstić information content (AvgIpc) is 2.95. The van der Waals surface area contributed by atoms with Gasteiger partial charge in [0.25, 0.3) is 0 Å².